The van der Waals surface area contributed by atoms with Crippen molar-refractivity contribution in [1.82, 2.24) is 9.78 Å². The molecule has 0 bridgehead atoms. The van der Waals surface area contributed by atoms with Crippen LogP contribution >= 0.6 is 0 Å². The number of aryl methyl sites for hydroxylation is 1. The van der Waals surface area contributed by atoms with Crippen molar-refractivity contribution in [3.63, 3.8) is 0 Å². The first-order valence-electron chi connectivity index (χ1n) is 9.14. The van der Waals surface area contributed by atoms with E-state index < -0.39 is 9.84 Å². The molecule has 1 amide bonds. The minimum Gasteiger partial charge on any atom is -0.497 e. The van der Waals surface area contributed by atoms with E-state index in [0.717, 1.165) is 16.8 Å². The standard InChI is InChI=1S/C19H23N3O5S/c1-11-18-15(14-5-4-13(26-2)8-16(14)27-3)9-17(23)20-19(18)22(21-11)12-6-7-28(24,25)10-12/h4-5,8,12,15H,6-7,9-10H2,1-3H3,(H,20,23)/t12-,15-/m1/s1. The third-order valence-corrected chi connectivity index (χ3v) is 7.25. The average molecular weight is 405 g/mol. The molecule has 2 aliphatic rings. The summed E-state index contributed by atoms with van der Waals surface area (Å²) in [5.74, 6) is 1.75. The van der Waals surface area contributed by atoms with Gasteiger partial charge in [-0.25, -0.2) is 13.1 Å². The number of sulfone groups is 1. The molecule has 0 unspecified atom stereocenters. The zero-order chi connectivity index (χ0) is 20.1. The van der Waals surface area contributed by atoms with Crippen LogP contribution in [-0.4, -0.2) is 49.8 Å². The van der Waals surface area contributed by atoms with E-state index in [9.17, 15) is 13.2 Å². The number of hydrogen-bond donors (Lipinski definition) is 1. The van der Waals surface area contributed by atoms with Gasteiger partial charge in [0.1, 0.15) is 17.3 Å². The topological polar surface area (TPSA) is 99.5 Å². The number of methoxy groups -OCH3 is 2. The fourth-order valence-corrected chi connectivity index (χ4v) is 5.87. The Bertz CT molecular complexity index is 1040. The molecular formula is C19H23N3O5S. The van der Waals surface area contributed by atoms with Crippen LogP contribution in [0.15, 0.2) is 18.2 Å². The predicted molar refractivity (Wildman–Crippen MR) is 104 cm³/mol. The number of carbonyl (C=O) groups is 1. The Labute approximate surface area is 163 Å². The minimum absolute atomic E-state index is 0.0486. The first-order chi connectivity index (χ1) is 13.3. The molecule has 3 heterocycles. The second-order valence-electron chi connectivity index (χ2n) is 7.26. The van der Waals surface area contributed by atoms with E-state index in [4.69, 9.17) is 9.47 Å². The number of nitrogens with zero attached hydrogens (tertiary/aromatic N) is 2. The Balaban J connectivity index is 1.81. The van der Waals surface area contributed by atoms with Gasteiger partial charge in [-0.2, -0.15) is 5.10 Å². The van der Waals surface area contributed by atoms with Crippen LogP contribution < -0.4 is 14.8 Å². The highest BCUT2D eigenvalue weighted by atomic mass is 32.2. The van der Waals surface area contributed by atoms with Gasteiger partial charge in [-0.1, -0.05) is 6.07 Å². The van der Waals surface area contributed by atoms with Crippen LogP contribution in [0.2, 0.25) is 0 Å². The van der Waals surface area contributed by atoms with E-state index >= 15 is 0 Å². The molecular weight excluding hydrogens is 382 g/mol. The fourth-order valence-electron chi connectivity index (χ4n) is 4.18. The molecule has 1 saturated heterocycles. The van der Waals surface area contributed by atoms with Crippen LogP contribution in [0.4, 0.5) is 5.82 Å². The molecule has 28 heavy (non-hydrogen) atoms. The third-order valence-electron chi connectivity index (χ3n) is 5.50. The smallest absolute Gasteiger partial charge is 0.226 e. The second kappa shape index (κ2) is 6.80. The minimum atomic E-state index is -3.07. The predicted octanol–water partition coefficient (Wildman–Crippen LogP) is 2.04. The maximum absolute atomic E-state index is 12.5. The molecule has 0 saturated carbocycles. The molecule has 4 rings (SSSR count). The van der Waals surface area contributed by atoms with Crippen LogP contribution in [-0.2, 0) is 14.6 Å². The van der Waals surface area contributed by atoms with Crippen LogP contribution in [0.3, 0.4) is 0 Å². The van der Waals surface area contributed by atoms with E-state index in [2.05, 4.69) is 10.4 Å². The van der Waals surface area contributed by atoms with Gasteiger partial charge < -0.3 is 14.8 Å². The first kappa shape index (κ1) is 18.8. The number of hydrogen-bond acceptors (Lipinski definition) is 6. The van der Waals surface area contributed by atoms with E-state index in [-0.39, 0.29) is 35.8 Å². The average Bonchev–Trinajstić information content (AvgIpc) is 3.19. The number of ether oxygens (including phenoxy) is 2. The summed E-state index contributed by atoms with van der Waals surface area (Å²) in [5, 5.41) is 7.53. The lowest BCUT2D eigenvalue weighted by Crippen LogP contribution is -2.26. The Hall–Kier alpha value is -2.55. The monoisotopic (exact) mass is 405 g/mol. The SMILES string of the molecule is COc1ccc([C@H]2CC(=O)Nc3c2c(C)nn3[C@@H]2CCS(=O)(=O)C2)c(OC)c1. The summed E-state index contributed by atoms with van der Waals surface area (Å²) < 4.78 is 36.4. The van der Waals surface area contributed by atoms with E-state index in [1.54, 1.807) is 25.0 Å². The molecule has 0 spiro atoms. The van der Waals surface area contributed by atoms with Gasteiger partial charge in [-0.3, -0.25) is 4.79 Å². The van der Waals surface area contributed by atoms with Crippen LogP contribution in [0, 0.1) is 6.92 Å². The van der Waals surface area contributed by atoms with Crippen molar-refractivity contribution in [2.24, 2.45) is 0 Å². The zero-order valence-electron chi connectivity index (χ0n) is 16.1. The Morgan fingerprint density at radius 1 is 1.25 bits per heavy atom. The van der Waals surface area contributed by atoms with Crippen molar-refractivity contribution >= 4 is 21.6 Å². The highest BCUT2D eigenvalue weighted by molar-refractivity contribution is 7.91. The summed E-state index contributed by atoms with van der Waals surface area (Å²) in [5.41, 5.74) is 2.57. The lowest BCUT2D eigenvalue weighted by atomic mass is 9.85. The summed E-state index contributed by atoms with van der Waals surface area (Å²) in [6, 6.07) is 5.28. The molecule has 1 N–H and O–H groups in total. The normalized spacial score (nSPS) is 23.2. The van der Waals surface area contributed by atoms with Gasteiger partial charge in [0.05, 0.1) is 37.5 Å². The van der Waals surface area contributed by atoms with E-state index in [1.165, 1.54) is 0 Å². The summed E-state index contributed by atoms with van der Waals surface area (Å²) >= 11 is 0. The van der Waals surface area contributed by atoms with Crippen molar-refractivity contribution in [2.75, 3.05) is 31.0 Å². The van der Waals surface area contributed by atoms with Crippen LogP contribution in [0.5, 0.6) is 11.5 Å². The van der Waals surface area contributed by atoms with Gasteiger partial charge in [0.2, 0.25) is 5.91 Å². The number of amides is 1. The van der Waals surface area contributed by atoms with E-state index in [0.29, 0.717) is 23.7 Å². The highest BCUT2D eigenvalue weighted by Crippen LogP contribution is 2.44. The number of benzene rings is 1. The molecule has 9 heteroatoms. The number of fused-ring (bicyclic) bond motifs is 1. The highest BCUT2D eigenvalue weighted by Gasteiger charge is 2.38. The van der Waals surface area contributed by atoms with Gasteiger partial charge in [0.25, 0.3) is 0 Å². The van der Waals surface area contributed by atoms with Crippen molar-refractivity contribution < 1.29 is 22.7 Å². The number of nitrogens with one attached hydrogen (secondary N) is 1. The molecule has 1 aromatic carbocycles. The number of carbonyl (C=O) groups excluding carboxylic acids is 1. The van der Waals surface area contributed by atoms with Crippen LogP contribution in [0.25, 0.3) is 0 Å². The van der Waals surface area contributed by atoms with Crippen molar-refractivity contribution in [1.29, 1.82) is 0 Å². The van der Waals surface area contributed by atoms with Gasteiger partial charge in [0, 0.05) is 29.5 Å². The molecule has 1 fully saturated rings. The first-order valence-corrected chi connectivity index (χ1v) is 11.0. The Kier molecular flexibility index (Phi) is 4.57. The molecule has 0 aliphatic carbocycles. The maximum atomic E-state index is 12.5. The summed E-state index contributed by atoms with van der Waals surface area (Å²) in [6.07, 6.45) is 0.771. The summed E-state index contributed by atoms with van der Waals surface area (Å²) in [6.45, 7) is 1.89. The molecule has 150 valence electrons. The van der Waals surface area contributed by atoms with E-state index in [1.807, 2.05) is 19.1 Å². The molecule has 0 radical (unpaired) electrons. The summed E-state index contributed by atoms with van der Waals surface area (Å²) in [4.78, 5) is 12.5. The molecule has 2 aromatic rings. The maximum Gasteiger partial charge on any atom is 0.226 e. The third kappa shape index (κ3) is 3.13. The molecule has 2 atom stereocenters. The Morgan fingerprint density at radius 2 is 2.04 bits per heavy atom. The number of rotatable bonds is 4. The lowest BCUT2D eigenvalue weighted by Gasteiger charge is -2.26. The zero-order valence-corrected chi connectivity index (χ0v) is 16.9. The fraction of sp³-hybridized carbons (Fsp3) is 0.474. The summed E-state index contributed by atoms with van der Waals surface area (Å²) in [7, 11) is 0.107. The van der Waals surface area contributed by atoms with Crippen molar-refractivity contribution in [2.45, 2.75) is 31.7 Å². The molecule has 2 aliphatic heterocycles. The molecule has 1 aromatic heterocycles. The van der Waals surface area contributed by atoms with Gasteiger partial charge in [-0.05, 0) is 19.4 Å². The lowest BCUT2D eigenvalue weighted by molar-refractivity contribution is -0.116. The largest absolute Gasteiger partial charge is 0.497 e. The van der Waals surface area contributed by atoms with Gasteiger partial charge in [-0.15, -0.1) is 0 Å². The van der Waals surface area contributed by atoms with Gasteiger partial charge in [0.15, 0.2) is 9.84 Å². The number of aromatic nitrogens is 2. The van der Waals surface area contributed by atoms with Gasteiger partial charge >= 0.3 is 0 Å². The van der Waals surface area contributed by atoms with Crippen molar-refractivity contribution in [3.05, 3.63) is 35.0 Å². The molecule has 8 nitrogen and oxygen atoms in total. The number of anilines is 1. The van der Waals surface area contributed by atoms with Crippen molar-refractivity contribution in [3.8, 4) is 11.5 Å². The quantitative estimate of drug-likeness (QED) is 0.836. The Morgan fingerprint density at radius 3 is 2.68 bits per heavy atom. The van der Waals surface area contributed by atoms with Crippen LogP contribution in [0.1, 0.15) is 41.6 Å². The second-order valence-corrected chi connectivity index (χ2v) is 9.49.